The van der Waals surface area contributed by atoms with E-state index in [0.717, 1.165) is 11.3 Å². The first kappa shape index (κ1) is 26.6. The van der Waals surface area contributed by atoms with E-state index in [1.165, 1.54) is 18.0 Å². The van der Waals surface area contributed by atoms with Crippen LogP contribution in [0.2, 0.25) is 0 Å². The molecular weight excluding hydrogens is 500 g/mol. The first-order chi connectivity index (χ1) is 18.4. The van der Waals surface area contributed by atoms with E-state index >= 15 is 0 Å². The number of anilines is 2. The zero-order chi connectivity index (χ0) is 27.1. The average Bonchev–Trinajstić information content (AvgIpc) is 3.43. The normalized spacial score (nSPS) is 14.9. The number of amides is 2. The van der Waals surface area contributed by atoms with Gasteiger partial charge in [0.05, 0.1) is 46.8 Å². The van der Waals surface area contributed by atoms with Gasteiger partial charge < -0.3 is 25.1 Å². The van der Waals surface area contributed by atoms with Crippen molar-refractivity contribution in [3.05, 3.63) is 100 Å². The summed E-state index contributed by atoms with van der Waals surface area (Å²) in [6.45, 7) is 6.19. The molecule has 4 rings (SSSR count). The second kappa shape index (κ2) is 12.2. The topological polar surface area (TPSA) is 116 Å². The summed E-state index contributed by atoms with van der Waals surface area (Å²) in [6, 6.07) is 20.3. The molecule has 0 bridgehead atoms. The van der Waals surface area contributed by atoms with Crippen molar-refractivity contribution in [2.45, 2.75) is 26.7 Å². The van der Waals surface area contributed by atoms with E-state index in [9.17, 15) is 14.9 Å². The van der Waals surface area contributed by atoms with Crippen LogP contribution in [0, 0.1) is 18.3 Å². The predicted octanol–water partition coefficient (Wildman–Crippen LogP) is 5.69. The highest BCUT2D eigenvalue weighted by Gasteiger charge is 2.36. The first-order valence-electron chi connectivity index (χ1n) is 12.1. The minimum absolute atomic E-state index is 0.0592. The zero-order valence-electron chi connectivity index (χ0n) is 21.3. The van der Waals surface area contributed by atoms with Gasteiger partial charge in [-0.3, -0.25) is 9.59 Å². The van der Waals surface area contributed by atoms with E-state index in [0.29, 0.717) is 45.6 Å². The van der Waals surface area contributed by atoms with Crippen LogP contribution in [-0.4, -0.2) is 24.2 Å². The van der Waals surface area contributed by atoms with Gasteiger partial charge in [0.15, 0.2) is 0 Å². The Bertz CT molecular complexity index is 1420. The fraction of sp³-hybridized carbons (Fsp3) is 0.207. The molecule has 0 unspecified atom stereocenters. The Morgan fingerprint density at radius 2 is 1.87 bits per heavy atom. The van der Waals surface area contributed by atoms with Crippen LogP contribution < -0.4 is 20.7 Å². The maximum absolute atomic E-state index is 13.4. The molecule has 1 atom stereocenters. The second-order valence-corrected chi connectivity index (χ2v) is 9.57. The third kappa shape index (κ3) is 6.28. The summed E-state index contributed by atoms with van der Waals surface area (Å²) in [6.07, 6.45) is 1.51. The average molecular weight is 529 g/mol. The van der Waals surface area contributed by atoms with E-state index in [1.807, 2.05) is 38.1 Å². The van der Waals surface area contributed by atoms with E-state index in [4.69, 9.17) is 9.15 Å². The SMILES string of the molecule is CCOc1ccc(NC(=O)CSC2=C(C#N)[C@H](c3ccco3)C(C(=O)Nc3cccc(C)c3)=C(C)N2)cc1. The van der Waals surface area contributed by atoms with Crippen LogP contribution >= 0.6 is 11.8 Å². The maximum Gasteiger partial charge on any atom is 0.254 e. The number of ether oxygens (including phenoxy) is 1. The van der Waals surface area contributed by atoms with Crippen LogP contribution in [0.4, 0.5) is 11.4 Å². The van der Waals surface area contributed by atoms with E-state index < -0.39 is 5.92 Å². The first-order valence-corrected chi connectivity index (χ1v) is 13.1. The Labute approximate surface area is 225 Å². The largest absolute Gasteiger partial charge is 0.494 e. The Kier molecular flexibility index (Phi) is 8.56. The molecule has 2 aromatic carbocycles. The highest BCUT2D eigenvalue weighted by atomic mass is 32.2. The second-order valence-electron chi connectivity index (χ2n) is 8.58. The molecule has 9 heteroatoms. The van der Waals surface area contributed by atoms with Crippen LogP contribution in [0.5, 0.6) is 5.75 Å². The summed E-state index contributed by atoms with van der Waals surface area (Å²) in [5.41, 5.74) is 3.56. The number of rotatable bonds is 9. The van der Waals surface area contributed by atoms with Crippen LogP contribution in [0.15, 0.2) is 93.2 Å². The zero-order valence-corrected chi connectivity index (χ0v) is 22.1. The summed E-state index contributed by atoms with van der Waals surface area (Å²) >= 11 is 1.19. The molecule has 194 valence electrons. The molecular formula is C29H28N4O4S. The number of nitriles is 1. The van der Waals surface area contributed by atoms with Crippen LogP contribution in [0.3, 0.4) is 0 Å². The predicted molar refractivity (Wildman–Crippen MR) is 148 cm³/mol. The number of nitrogens with zero attached hydrogens (tertiary/aromatic N) is 1. The summed E-state index contributed by atoms with van der Waals surface area (Å²) in [7, 11) is 0. The molecule has 1 aliphatic rings. The lowest BCUT2D eigenvalue weighted by Crippen LogP contribution is -2.31. The molecule has 3 aromatic rings. The van der Waals surface area contributed by atoms with Crippen molar-refractivity contribution in [2.75, 3.05) is 23.0 Å². The summed E-state index contributed by atoms with van der Waals surface area (Å²) < 4.78 is 11.1. The number of aryl methyl sites for hydroxylation is 1. The van der Waals surface area contributed by atoms with Gasteiger partial charge in [0.25, 0.3) is 5.91 Å². The molecule has 2 heterocycles. The van der Waals surface area contributed by atoms with Crippen molar-refractivity contribution in [1.29, 1.82) is 5.26 Å². The standard InChI is InChI=1S/C29H28N4O4S/c1-4-36-22-12-10-20(11-13-22)32-25(34)17-38-29-23(16-30)27(24-9-6-14-37-24)26(19(3)31-29)28(35)33-21-8-5-7-18(2)15-21/h5-15,27,31H,4,17H2,1-3H3,(H,32,34)(H,33,35)/t27-/m1/s1. The number of allylic oxidation sites excluding steroid dienone is 2. The number of carbonyl (C=O) groups is 2. The van der Waals surface area contributed by atoms with E-state index in [1.54, 1.807) is 43.3 Å². The number of nitrogens with one attached hydrogen (secondary N) is 3. The van der Waals surface area contributed by atoms with Crippen molar-refractivity contribution >= 4 is 35.0 Å². The van der Waals surface area contributed by atoms with Crippen LogP contribution in [0.1, 0.15) is 31.1 Å². The summed E-state index contributed by atoms with van der Waals surface area (Å²) in [5, 5.41) is 19.6. The minimum atomic E-state index is -0.724. The molecule has 3 N–H and O–H groups in total. The monoisotopic (exact) mass is 528 g/mol. The lowest BCUT2D eigenvalue weighted by Gasteiger charge is -2.28. The molecule has 0 aliphatic carbocycles. The van der Waals surface area contributed by atoms with Crippen molar-refractivity contribution in [1.82, 2.24) is 5.32 Å². The van der Waals surface area contributed by atoms with Crippen molar-refractivity contribution in [3.8, 4) is 11.8 Å². The fourth-order valence-corrected chi connectivity index (χ4v) is 5.02. The molecule has 0 fully saturated rings. The Morgan fingerprint density at radius 3 is 2.53 bits per heavy atom. The summed E-state index contributed by atoms with van der Waals surface area (Å²) in [5.74, 6) is -0.0454. The highest BCUT2D eigenvalue weighted by Crippen LogP contribution is 2.41. The van der Waals surface area contributed by atoms with Crippen molar-refractivity contribution < 1.29 is 18.7 Å². The van der Waals surface area contributed by atoms with Gasteiger partial charge in [-0.2, -0.15) is 5.26 Å². The Hall–Kier alpha value is -4.42. The van der Waals surface area contributed by atoms with Crippen molar-refractivity contribution in [2.24, 2.45) is 0 Å². The maximum atomic E-state index is 13.4. The van der Waals surface area contributed by atoms with E-state index in [-0.39, 0.29) is 17.6 Å². The molecule has 2 amide bonds. The van der Waals surface area contributed by atoms with E-state index in [2.05, 4.69) is 22.0 Å². The summed E-state index contributed by atoms with van der Waals surface area (Å²) in [4.78, 5) is 26.1. The third-order valence-corrected chi connectivity index (χ3v) is 6.81. The highest BCUT2D eigenvalue weighted by molar-refractivity contribution is 8.03. The quantitative estimate of drug-likeness (QED) is 0.326. The third-order valence-electron chi connectivity index (χ3n) is 5.79. The van der Waals surface area contributed by atoms with Crippen LogP contribution in [0.25, 0.3) is 0 Å². The smallest absolute Gasteiger partial charge is 0.254 e. The van der Waals surface area contributed by atoms with Gasteiger partial charge in [0.1, 0.15) is 11.5 Å². The number of carbonyl (C=O) groups excluding carboxylic acids is 2. The number of hydrogen-bond acceptors (Lipinski definition) is 7. The van der Waals surface area contributed by atoms with Gasteiger partial charge in [-0.15, -0.1) is 0 Å². The number of furan rings is 1. The number of thioether (sulfide) groups is 1. The molecule has 38 heavy (non-hydrogen) atoms. The minimum Gasteiger partial charge on any atom is -0.494 e. The Morgan fingerprint density at radius 1 is 1.08 bits per heavy atom. The number of dihydropyridines is 1. The number of benzene rings is 2. The van der Waals surface area contributed by atoms with Gasteiger partial charge in [-0.25, -0.2) is 0 Å². The van der Waals surface area contributed by atoms with Gasteiger partial charge in [0.2, 0.25) is 5.91 Å². The van der Waals surface area contributed by atoms with Gasteiger partial charge in [-0.05, 0) is 74.9 Å². The van der Waals surface area contributed by atoms with Gasteiger partial charge in [-0.1, -0.05) is 23.9 Å². The molecule has 0 saturated carbocycles. The van der Waals surface area contributed by atoms with Crippen LogP contribution in [-0.2, 0) is 9.59 Å². The fourth-order valence-electron chi connectivity index (χ4n) is 4.12. The molecule has 8 nitrogen and oxygen atoms in total. The lowest BCUT2D eigenvalue weighted by atomic mass is 9.85. The lowest BCUT2D eigenvalue weighted by molar-refractivity contribution is -0.114. The Balaban J connectivity index is 1.53. The van der Waals surface area contributed by atoms with Crippen molar-refractivity contribution in [3.63, 3.8) is 0 Å². The molecule has 1 aliphatic heterocycles. The molecule has 0 radical (unpaired) electrons. The van der Waals surface area contributed by atoms with Gasteiger partial charge in [0, 0.05) is 17.1 Å². The molecule has 0 saturated heterocycles. The molecule has 1 aromatic heterocycles. The van der Waals surface area contributed by atoms with Gasteiger partial charge >= 0.3 is 0 Å². The molecule has 0 spiro atoms. The number of hydrogen-bond donors (Lipinski definition) is 3.